The molecule has 2 aliphatic heterocycles. The summed E-state index contributed by atoms with van der Waals surface area (Å²) < 4.78 is 43.0. The Kier molecular flexibility index (Phi) is 9.26. The van der Waals surface area contributed by atoms with E-state index in [1.165, 1.54) is 23.6 Å². The Morgan fingerprint density at radius 3 is 2.48 bits per heavy atom. The maximum atomic E-state index is 13.8. The molecule has 1 aliphatic carbocycles. The molecule has 3 aromatic rings. The lowest BCUT2D eigenvalue weighted by molar-refractivity contribution is -0.127. The molecule has 0 radical (unpaired) electrons. The predicted octanol–water partition coefficient (Wildman–Crippen LogP) is 4.95. The van der Waals surface area contributed by atoms with Crippen molar-refractivity contribution in [3.05, 3.63) is 54.1 Å². The molecule has 4 heterocycles. The second-order valence-corrected chi connectivity index (χ2v) is 15.1. The first kappa shape index (κ1) is 30.6. The smallest absolute Gasteiger partial charge is 0.224 e. The number of sulfone groups is 1. The largest absolute Gasteiger partial charge is 0.381 e. The number of thiazole rings is 1. The van der Waals surface area contributed by atoms with E-state index in [0.717, 1.165) is 53.9 Å². The molecule has 3 fully saturated rings. The maximum Gasteiger partial charge on any atom is 0.224 e. The number of nitrogens with one attached hydrogen (secondary N) is 1. The van der Waals surface area contributed by atoms with Gasteiger partial charge in [0.25, 0.3) is 0 Å². The average molecular weight is 638 g/mol. The first-order chi connectivity index (χ1) is 21.3. The summed E-state index contributed by atoms with van der Waals surface area (Å²) in [6.45, 7) is 2.13. The number of hydrogen-bond acceptors (Lipinski definition) is 9. The second kappa shape index (κ2) is 13.3. The van der Waals surface area contributed by atoms with Crippen molar-refractivity contribution in [2.75, 3.05) is 42.7 Å². The molecule has 3 atom stereocenters. The minimum atomic E-state index is -2.98. The third-order valence-electron chi connectivity index (χ3n) is 9.07. The van der Waals surface area contributed by atoms with Gasteiger partial charge in [0.2, 0.25) is 5.91 Å². The highest BCUT2D eigenvalue weighted by molar-refractivity contribution is 7.91. The fourth-order valence-corrected chi connectivity index (χ4v) is 8.85. The van der Waals surface area contributed by atoms with Gasteiger partial charge in [0.05, 0.1) is 40.0 Å². The summed E-state index contributed by atoms with van der Waals surface area (Å²) in [4.78, 5) is 26.1. The van der Waals surface area contributed by atoms with Gasteiger partial charge in [-0.1, -0.05) is 25.0 Å². The zero-order valence-corrected chi connectivity index (χ0v) is 26.1. The third-order valence-corrected chi connectivity index (χ3v) is 11.8. The summed E-state index contributed by atoms with van der Waals surface area (Å²) in [6, 6.07) is 12.8. The number of anilines is 1. The molecule has 3 aliphatic rings. The van der Waals surface area contributed by atoms with Crippen molar-refractivity contribution in [2.24, 2.45) is 11.8 Å². The van der Waals surface area contributed by atoms with Gasteiger partial charge < -0.3 is 15.0 Å². The monoisotopic (exact) mass is 637 g/mol. The maximum absolute atomic E-state index is 13.8. The Labute approximate surface area is 261 Å². The number of nitriles is 1. The van der Waals surface area contributed by atoms with Crippen LogP contribution in [0.25, 0.3) is 21.1 Å². The standard InChI is InChI=1S/C32H36FN5O4S2/c33-23-7-10-27(35-20-23)32-37-29(30(43-32)22-5-8-24(9-6-22)38-13-17-44(40,41)18-14-38)25-3-1-2-4-26(25)31(39)36-28(19-34)21-11-15-42-16-12-21/h5-10,20-21,25-26,28H,1-4,11-18H2,(H,36,39). The van der Waals surface area contributed by atoms with E-state index in [1.807, 2.05) is 24.3 Å². The van der Waals surface area contributed by atoms with E-state index in [-0.39, 0.29) is 35.2 Å². The van der Waals surface area contributed by atoms with Gasteiger partial charge in [0.1, 0.15) is 16.9 Å². The fourth-order valence-electron chi connectivity index (χ4n) is 6.53. The Morgan fingerprint density at radius 2 is 1.80 bits per heavy atom. The number of ether oxygens (including phenoxy) is 1. The molecule has 0 spiro atoms. The lowest BCUT2D eigenvalue weighted by atomic mass is 9.76. The van der Waals surface area contributed by atoms with Crippen molar-refractivity contribution in [3.63, 3.8) is 0 Å². The number of pyridine rings is 1. The van der Waals surface area contributed by atoms with Gasteiger partial charge in [0.15, 0.2) is 9.84 Å². The Morgan fingerprint density at radius 1 is 1.07 bits per heavy atom. The number of benzene rings is 1. The van der Waals surface area contributed by atoms with Crippen molar-refractivity contribution in [1.29, 1.82) is 5.26 Å². The minimum absolute atomic E-state index is 0.0734. The van der Waals surface area contributed by atoms with E-state index in [2.05, 4.69) is 21.3 Å². The number of halogens is 1. The van der Waals surface area contributed by atoms with E-state index in [4.69, 9.17) is 9.72 Å². The van der Waals surface area contributed by atoms with Crippen LogP contribution >= 0.6 is 11.3 Å². The van der Waals surface area contributed by atoms with Crippen LogP contribution in [0, 0.1) is 29.0 Å². The summed E-state index contributed by atoms with van der Waals surface area (Å²) in [6.07, 6.45) is 6.07. The zero-order chi connectivity index (χ0) is 30.7. The summed E-state index contributed by atoms with van der Waals surface area (Å²) >= 11 is 1.47. The van der Waals surface area contributed by atoms with Gasteiger partial charge in [-0.3, -0.25) is 9.78 Å². The summed E-state index contributed by atoms with van der Waals surface area (Å²) in [7, 11) is -2.98. The number of carbonyl (C=O) groups is 1. The Bertz CT molecular complexity index is 1600. The normalized spacial score (nSPS) is 23.0. The highest BCUT2D eigenvalue weighted by Crippen LogP contribution is 2.46. The first-order valence-corrected chi connectivity index (χ1v) is 17.9. The number of carbonyl (C=O) groups excluding carboxylic acids is 1. The first-order valence-electron chi connectivity index (χ1n) is 15.3. The van der Waals surface area contributed by atoms with Crippen molar-refractivity contribution >= 4 is 32.8 Å². The van der Waals surface area contributed by atoms with Crippen molar-refractivity contribution in [3.8, 4) is 27.2 Å². The number of nitrogens with zero attached hydrogens (tertiary/aromatic N) is 4. The van der Waals surface area contributed by atoms with E-state index >= 15 is 0 Å². The number of aromatic nitrogens is 2. The van der Waals surface area contributed by atoms with E-state index in [1.54, 1.807) is 6.07 Å². The van der Waals surface area contributed by atoms with Crippen LogP contribution in [0.3, 0.4) is 0 Å². The number of amides is 1. The van der Waals surface area contributed by atoms with Gasteiger partial charge in [-0.05, 0) is 61.4 Å². The SMILES string of the molecule is N#CC(NC(=O)C1CCCCC1c1nc(-c2ccc(F)cn2)sc1-c1ccc(N2CCS(=O)(=O)CC2)cc1)C1CCOCC1. The highest BCUT2D eigenvalue weighted by atomic mass is 32.2. The quantitative estimate of drug-likeness (QED) is 0.386. The molecule has 12 heteroatoms. The van der Waals surface area contributed by atoms with Crippen LogP contribution in [0.1, 0.15) is 50.1 Å². The van der Waals surface area contributed by atoms with Crippen LogP contribution in [0.2, 0.25) is 0 Å². The summed E-state index contributed by atoms with van der Waals surface area (Å²) in [5.41, 5.74) is 3.30. The van der Waals surface area contributed by atoms with Crippen molar-refractivity contribution in [2.45, 2.75) is 50.5 Å². The lowest BCUT2D eigenvalue weighted by Gasteiger charge is -2.33. The van der Waals surface area contributed by atoms with Gasteiger partial charge >= 0.3 is 0 Å². The van der Waals surface area contributed by atoms with Gasteiger partial charge in [-0.2, -0.15) is 5.26 Å². The molecule has 1 N–H and O–H groups in total. The topological polar surface area (TPSA) is 125 Å². The molecule has 232 valence electrons. The molecule has 0 bridgehead atoms. The number of hydrogen-bond donors (Lipinski definition) is 1. The average Bonchev–Trinajstić information content (AvgIpc) is 3.50. The molecular formula is C32H36FN5O4S2. The van der Waals surface area contributed by atoms with Gasteiger partial charge in [-0.25, -0.2) is 17.8 Å². The molecule has 2 saturated heterocycles. The third kappa shape index (κ3) is 6.80. The molecule has 2 aromatic heterocycles. The number of rotatable bonds is 7. The molecule has 1 aromatic carbocycles. The highest BCUT2D eigenvalue weighted by Gasteiger charge is 2.37. The summed E-state index contributed by atoms with van der Waals surface area (Å²) in [5.74, 6) is -0.642. The molecule has 6 rings (SSSR count). The van der Waals surface area contributed by atoms with E-state index < -0.39 is 21.7 Å². The molecule has 1 amide bonds. The van der Waals surface area contributed by atoms with E-state index in [0.29, 0.717) is 43.4 Å². The van der Waals surface area contributed by atoms with Crippen LogP contribution in [-0.2, 0) is 19.4 Å². The Balaban J connectivity index is 1.31. The second-order valence-electron chi connectivity index (χ2n) is 11.8. The van der Waals surface area contributed by atoms with Crippen molar-refractivity contribution < 1.29 is 22.3 Å². The van der Waals surface area contributed by atoms with Crippen LogP contribution in [-0.4, -0.2) is 68.1 Å². The zero-order valence-electron chi connectivity index (χ0n) is 24.5. The van der Waals surface area contributed by atoms with E-state index in [9.17, 15) is 22.9 Å². The minimum Gasteiger partial charge on any atom is -0.381 e. The summed E-state index contributed by atoms with van der Waals surface area (Å²) in [5, 5.41) is 13.6. The molecular weight excluding hydrogens is 602 g/mol. The molecule has 9 nitrogen and oxygen atoms in total. The van der Waals surface area contributed by atoms with Crippen LogP contribution < -0.4 is 10.2 Å². The van der Waals surface area contributed by atoms with Crippen LogP contribution in [0.4, 0.5) is 10.1 Å². The van der Waals surface area contributed by atoms with Crippen LogP contribution in [0.15, 0.2) is 42.6 Å². The van der Waals surface area contributed by atoms with Gasteiger partial charge in [0, 0.05) is 43.8 Å². The molecule has 1 saturated carbocycles. The van der Waals surface area contributed by atoms with Gasteiger partial charge in [-0.15, -0.1) is 11.3 Å². The molecule has 44 heavy (non-hydrogen) atoms. The van der Waals surface area contributed by atoms with Crippen molar-refractivity contribution in [1.82, 2.24) is 15.3 Å². The van der Waals surface area contributed by atoms with Crippen LogP contribution in [0.5, 0.6) is 0 Å². The lowest BCUT2D eigenvalue weighted by Crippen LogP contribution is -2.45. The Hall–Kier alpha value is -3.40. The predicted molar refractivity (Wildman–Crippen MR) is 167 cm³/mol. The molecule has 3 unspecified atom stereocenters. The fraction of sp³-hybridized carbons (Fsp3) is 0.500.